The van der Waals surface area contributed by atoms with E-state index in [1.165, 1.54) is 0 Å². The van der Waals surface area contributed by atoms with Gasteiger partial charge in [-0.05, 0) is 84.7 Å². The molecule has 0 unspecified atom stereocenters. The van der Waals surface area contributed by atoms with Crippen molar-refractivity contribution in [1.82, 2.24) is 20.2 Å². The number of benzene rings is 3. The van der Waals surface area contributed by atoms with Crippen molar-refractivity contribution in [2.45, 2.75) is 12.8 Å². The van der Waals surface area contributed by atoms with Crippen molar-refractivity contribution in [3.63, 3.8) is 0 Å². The Kier molecular flexibility index (Phi) is 7.14. The summed E-state index contributed by atoms with van der Waals surface area (Å²) < 4.78 is 1.85. The molecule has 9 heteroatoms. The maximum absolute atomic E-state index is 12.9. The number of nitrogens with one attached hydrogen (secondary N) is 3. The van der Waals surface area contributed by atoms with Crippen molar-refractivity contribution in [3.8, 4) is 11.4 Å². The molecule has 0 spiro atoms. The van der Waals surface area contributed by atoms with Crippen LogP contribution in [-0.2, 0) is 6.42 Å². The Hall–Kier alpha value is -4.24. The minimum atomic E-state index is -0.202. The molecule has 1 aromatic heterocycles. The van der Waals surface area contributed by atoms with Gasteiger partial charge < -0.3 is 15.7 Å². The van der Waals surface area contributed by atoms with Crippen LogP contribution in [0.15, 0.2) is 72.8 Å². The zero-order valence-electron chi connectivity index (χ0n) is 18.5. The Morgan fingerprint density at radius 2 is 1.97 bits per heavy atom. The predicted molar refractivity (Wildman–Crippen MR) is 136 cm³/mol. The predicted octanol–water partition coefficient (Wildman–Crippen LogP) is 4.97. The summed E-state index contributed by atoms with van der Waals surface area (Å²) in [6, 6.07) is 20.0. The fourth-order valence-electron chi connectivity index (χ4n) is 3.52. The van der Waals surface area contributed by atoms with Gasteiger partial charge in [-0.15, -0.1) is 0 Å². The molecule has 0 bridgehead atoms. The molecule has 0 aliphatic rings. The molecule has 0 atom stereocenters. The number of nitrogens with zero attached hydrogens (tertiary/aromatic N) is 3. The van der Waals surface area contributed by atoms with Crippen molar-refractivity contribution >= 4 is 35.6 Å². The van der Waals surface area contributed by atoms with Crippen molar-refractivity contribution < 1.29 is 9.90 Å². The van der Waals surface area contributed by atoms with Crippen LogP contribution in [0, 0.1) is 4.77 Å². The fourth-order valence-corrected chi connectivity index (χ4v) is 3.71. The SMILES string of the molecule is CNc1ccc(C(=O)Nc2cccc(-n3[nH]nnc3=S)c2)cc1CC/C=C/c1ccc(O)cc1. The number of carbonyl (C=O) groups is 1. The van der Waals surface area contributed by atoms with E-state index < -0.39 is 0 Å². The number of H-pyrrole nitrogens is 1. The van der Waals surface area contributed by atoms with Crippen molar-refractivity contribution in [2.75, 3.05) is 17.7 Å². The summed E-state index contributed by atoms with van der Waals surface area (Å²) in [6.45, 7) is 0. The van der Waals surface area contributed by atoms with Crippen LogP contribution >= 0.6 is 12.2 Å². The van der Waals surface area contributed by atoms with Gasteiger partial charge in [-0.2, -0.15) is 5.21 Å². The van der Waals surface area contributed by atoms with Crippen LogP contribution in [0.1, 0.15) is 27.9 Å². The molecule has 1 amide bonds. The highest BCUT2D eigenvalue weighted by Gasteiger charge is 2.11. The van der Waals surface area contributed by atoms with Gasteiger partial charge >= 0.3 is 0 Å². The number of aromatic nitrogens is 4. The third-order valence-corrected chi connectivity index (χ3v) is 5.52. The summed E-state index contributed by atoms with van der Waals surface area (Å²) >= 11 is 5.14. The zero-order chi connectivity index (χ0) is 23.9. The highest BCUT2D eigenvalue weighted by molar-refractivity contribution is 7.71. The van der Waals surface area contributed by atoms with Crippen molar-refractivity contribution in [1.29, 1.82) is 0 Å². The number of amides is 1. The average molecular weight is 473 g/mol. The van der Waals surface area contributed by atoms with E-state index >= 15 is 0 Å². The first-order valence-corrected chi connectivity index (χ1v) is 11.1. The van der Waals surface area contributed by atoms with E-state index in [4.69, 9.17) is 12.2 Å². The first kappa shape index (κ1) is 22.9. The standard InChI is InChI=1S/C25H24N6O2S/c1-26-23-14-11-19(15-18(23)6-3-2-5-17-9-12-22(32)13-10-17)24(33)27-20-7-4-8-21(16-20)31-25(34)28-29-30-31/h2,4-5,7-16,26,32H,3,6H2,1H3,(H,27,33)(H,28,30,34)/b5-2+. The highest BCUT2D eigenvalue weighted by Crippen LogP contribution is 2.21. The molecular formula is C25H24N6O2S. The summed E-state index contributed by atoms with van der Waals surface area (Å²) in [4.78, 5) is 12.9. The maximum atomic E-state index is 12.9. The summed E-state index contributed by atoms with van der Waals surface area (Å²) in [5.74, 6) is 0.0480. The summed E-state index contributed by atoms with van der Waals surface area (Å²) in [6.07, 6.45) is 5.68. The number of aryl methyl sites for hydroxylation is 1. The zero-order valence-corrected chi connectivity index (χ0v) is 19.3. The number of carbonyl (C=O) groups excluding carboxylic acids is 1. The average Bonchev–Trinajstić information content (AvgIpc) is 3.29. The lowest BCUT2D eigenvalue weighted by Gasteiger charge is -2.12. The van der Waals surface area contributed by atoms with Crippen LogP contribution in [0.5, 0.6) is 5.75 Å². The molecule has 0 aliphatic carbocycles. The molecular weight excluding hydrogens is 448 g/mol. The van der Waals surface area contributed by atoms with Gasteiger partial charge in [0.2, 0.25) is 4.77 Å². The van der Waals surface area contributed by atoms with Crippen LogP contribution < -0.4 is 10.6 Å². The normalized spacial score (nSPS) is 11.0. The van der Waals surface area contributed by atoms with Crippen LogP contribution in [0.3, 0.4) is 0 Å². The molecule has 4 N–H and O–H groups in total. The molecule has 172 valence electrons. The monoisotopic (exact) mass is 472 g/mol. The molecule has 0 saturated carbocycles. The van der Waals surface area contributed by atoms with Gasteiger partial charge in [-0.25, -0.2) is 4.68 Å². The van der Waals surface area contributed by atoms with Gasteiger partial charge in [-0.1, -0.05) is 40.7 Å². The van der Waals surface area contributed by atoms with Gasteiger partial charge in [0.1, 0.15) is 5.75 Å². The molecule has 4 aromatic rings. The van der Waals surface area contributed by atoms with E-state index in [1.54, 1.807) is 28.9 Å². The molecule has 34 heavy (non-hydrogen) atoms. The molecule has 0 aliphatic heterocycles. The number of allylic oxidation sites excluding steroid dienone is 1. The van der Waals surface area contributed by atoms with Crippen LogP contribution in [0.4, 0.5) is 11.4 Å². The maximum Gasteiger partial charge on any atom is 0.255 e. The van der Waals surface area contributed by atoms with Crippen LogP contribution in [-0.4, -0.2) is 38.3 Å². The number of phenolic OH excluding ortho intramolecular Hbond substituents is 1. The minimum Gasteiger partial charge on any atom is -0.508 e. The molecule has 8 nitrogen and oxygen atoms in total. The quantitative estimate of drug-likeness (QED) is 0.270. The van der Waals surface area contributed by atoms with Gasteiger partial charge in [-0.3, -0.25) is 4.79 Å². The second-order valence-electron chi connectivity index (χ2n) is 7.58. The van der Waals surface area contributed by atoms with Gasteiger partial charge in [0.25, 0.3) is 5.91 Å². The molecule has 1 heterocycles. The molecule has 0 radical (unpaired) electrons. The van der Waals surface area contributed by atoms with Gasteiger partial charge in [0.15, 0.2) is 0 Å². The number of anilines is 2. The summed E-state index contributed by atoms with van der Waals surface area (Å²) in [5.41, 5.74) is 4.98. The molecule has 3 aromatic carbocycles. The second kappa shape index (κ2) is 10.6. The number of phenols is 1. The number of hydrogen-bond donors (Lipinski definition) is 4. The van der Waals surface area contributed by atoms with E-state index in [2.05, 4.69) is 32.2 Å². The lowest BCUT2D eigenvalue weighted by Crippen LogP contribution is -2.13. The number of tetrazole rings is 1. The van der Waals surface area contributed by atoms with Gasteiger partial charge in [0, 0.05) is 24.0 Å². The number of aromatic amines is 1. The third-order valence-electron chi connectivity index (χ3n) is 5.25. The van der Waals surface area contributed by atoms with E-state index in [9.17, 15) is 9.90 Å². The Morgan fingerprint density at radius 3 is 2.71 bits per heavy atom. The van der Waals surface area contributed by atoms with Crippen LogP contribution in [0.2, 0.25) is 0 Å². The Morgan fingerprint density at radius 1 is 1.15 bits per heavy atom. The minimum absolute atomic E-state index is 0.202. The summed E-state index contributed by atoms with van der Waals surface area (Å²) in [7, 11) is 1.87. The van der Waals surface area contributed by atoms with Crippen LogP contribution in [0.25, 0.3) is 11.8 Å². The van der Waals surface area contributed by atoms with E-state index in [1.807, 2.05) is 55.6 Å². The Bertz CT molecular complexity index is 1370. The lowest BCUT2D eigenvalue weighted by molar-refractivity contribution is 0.102. The van der Waals surface area contributed by atoms with E-state index in [-0.39, 0.29) is 11.7 Å². The van der Waals surface area contributed by atoms with E-state index in [0.29, 0.717) is 16.0 Å². The lowest BCUT2D eigenvalue weighted by atomic mass is 10.0. The topological polar surface area (TPSA) is 108 Å². The number of rotatable bonds is 8. The van der Waals surface area contributed by atoms with Crippen molar-refractivity contribution in [3.05, 3.63) is 94.3 Å². The second-order valence-corrected chi connectivity index (χ2v) is 7.94. The first-order valence-electron chi connectivity index (χ1n) is 10.7. The molecule has 0 fully saturated rings. The molecule has 4 rings (SSSR count). The fraction of sp³-hybridized carbons (Fsp3) is 0.120. The number of aromatic hydroxyl groups is 1. The summed E-state index contributed by atoms with van der Waals surface area (Å²) in [5, 5.41) is 25.7. The number of hydrogen-bond acceptors (Lipinski definition) is 6. The first-order chi connectivity index (χ1) is 16.5. The largest absolute Gasteiger partial charge is 0.508 e. The van der Waals surface area contributed by atoms with E-state index in [0.717, 1.165) is 35.3 Å². The van der Waals surface area contributed by atoms with Gasteiger partial charge in [0.05, 0.1) is 5.69 Å². The Labute approximate surface area is 202 Å². The molecule has 0 saturated heterocycles. The third kappa shape index (κ3) is 5.57. The smallest absolute Gasteiger partial charge is 0.255 e. The Balaban J connectivity index is 1.45. The highest BCUT2D eigenvalue weighted by atomic mass is 32.1. The van der Waals surface area contributed by atoms with Crippen molar-refractivity contribution in [2.24, 2.45) is 0 Å².